The molecule has 1 fully saturated rings. The van der Waals surface area contributed by atoms with Gasteiger partial charge < -0.3 is 9.80 Å². The van der Waals surface area contributed by atoms with Crippen LogP contribution in [0.1, 0.15) is 18.9 Å². The minimum Gasteiger partial charge on any atom is -0.372 e. The van der Waals surface area contributed by atoms with E-state index in [1.807, 2.05) is 37.1 Å². The fourth-order valence-electron chi connectivity index (χ4n) is 3.47. The summed E-state index contributed by atoms with van der Waals surface area (Å²) >= 11 is 0. The van der Waals surface area contributed by atoms with E-state index in [0.717, 1.165) is 17.8 Å². The molecular formula is C16H22N2O3S. The van der Waals surface area contributed by atoms with Crippen LogP contribution in [0.15, 0.2) is 24.3 Å². The molecular weight excluding hydrogens is 300 g/mol. The van der Waals surface area contributed by atoms with E-state index in [1.165, 1.54) is 0 Å². The van der Waals surface area contributed by atoms with Crippen molar-refractivity contribution in [3.8, 4) is 0 Å². The van der Waals surface area contributed by atoms with Crippen LogP contribution in [0.4, 0.5) is 5.69 Å². The van der Waals surface area contributed by atoms with Crippen molar-refractivity contribution in [2.45, 2.75) is 25.9 Å². The van der Waals surface area contributed by atoms with Gasteiger partial charge in [-0.1, -0.05) is 18.2 Å². The van der Waals surface area contributed by atoms with Gasteiger partial charge in [0, 0.05) is 31.9 Å². The van der Waals surface area contributed by atoms with Gasteiger partial charge in [0.2, 0.25) is 5.91 Å². The minimum atomic E-state index is -3.03. The topological polar surface area (TPSA) is 57.7 Å². The second-order valence-corrected chi connectivity index (χ2v) is 8.65. The fraction of sp³-hybridized carbons (Fsp3) is 0.562. The molecule has 22 heavy (non-hydrogen) atoms. The molecule has 0 radical (unpaired) electrons. The van der Waals surface area contributed by atoms with Crippen LogP contribution >= 0.6 is 0 Å². The molecule has 0 unspecified atom stereocenters. The van der Waals surface area contributed by atoms with Crippen molar-refractivity contribution in [2.75, 3.05) is 30.0 Å². The standard InChI is InChI=1S/C16H22N2O3S/c1-12-9-17(2)15-6-4-3-5-13(15)10-18(12)16(19)14-7-8-22(20,21)11-14/h3-6,12,14H,7-11H2,1-2H3/t12-,14-/m1/s1. The lowest BCUT2D eigenvalue weighted by Crippen LogP contribution is -2.44. The molecule has 1 saturated heterocycles. The number of carbonyl (C=O) groups excluding carboxylic acids is 1. The maximum atomic E-state index is 12.8. The predicted molar refractivity (Wildman–Crippen MR) is 86.5 cm³/mol. The van der Waals surface area contributed by atoms with Gasteiger partial charge in [0.15, 0.2) is 9.84 Å². The molecule has 0 aliphatic carbocycles. The van der Waals surface area contributed by atoms with Gasteiger partial charge in [0.05, 0.1) is 17.4 Å². The number of benzene rings is 1. The Labute approximate surface area is 131 Å². The molecule has 6 heteroatoms. The molecule has 0 aromatic heterocycles. The molecule has 120 valence electrons. The van der Waals surface area contributed by atoms with Crippen LogP contribution in [-0.2, 0) is 21.2 Å². The number of fused-ring (bicyclic) bond motifs is 1. The largest absolute Gasteiger partial charge is 0.372 e. The first-order valence-corrected chi connectivity index (χ1v) is 9.49. The summed E-state index contributed by atoms with van der Waals surface area (Å²) in [6.07, 6.45) is 0.460. The van der Waals surface area contributed by atoms with Crippen LogP contribution in [0.2, 0.25) is 0 Å². The van der Waals surface area contributed by atoms with Crippen molar-refractivity contribution >= 4 is 21.4 Å². The van der Waals surface area contributed by atoms with Gasteiger partial charge in [-0.2, -0.15) is 0 Å². The molecule has 2 aliphatic heterocycles. The average Bonchev–Trinajstić information content (AvgIpc) is 2.78. The molecule has 2 heterocycles. The van der Waals surface area contributed by atoms with Crippen molar-refractivity contribution in [2.24, 2.45) is 5.92 Å². The van der Waals surface area contributed by atoms with Crippen molar-refractivity contribution in [3.05, 3.63) is 29.8 Å². The molecule has 2 atom stereocenters. The highest BCUT2D eigenvalue weighted by molar-refractivity contribution is 7.91. The maximum Gasteiger partial charge on any atom is 0.227 e. The number of hydrogen-bond donors (Lipinski definition) is 0. The van der Waals surface area contributed by atoms with Crippen LogP contribution in [0, 0.1) is 5.92 Å². The van der Waals surface area contributed by atoms with E-state index in [9.17, 15) is 13.2 Å². The van der Waals surface area contributed by atoms with Gasteiger partial charge in [-0.15, -0.1) is 0 Å². The van der Waals surface area contributed by atoms with Crippen molar-refractivity contribution < 1.29 is 13.2 Å². The molecule has 0 bridgehead atoms. The summed E-state index contributed by atoms with van der Waals surface area (Å²) in [5.41, 5.74) is 2.26. The van der Waals surface area contributed by atoms with Crippen molar-refractivity contribution in [1.29, 1.82) is 0 Å². The Morgan fingerprint density at radius 3 is 2.68 bits per heavy atom. The van der Waals surface area contributed by atoms with Gasteiger partial charge in [-0.3, -0.25) is 4.79 Å². The third kappa shape index (κ3) is 2.84. The first-order chi connectivity index (χ1) is 10.4. The number of anilines is 1. The smallest absolute Gasteiger partial charge is 0.227 e. The Balaban J connectivity index is 1.86. The molecule has 5 nitrogen and oxygen atoms in total. The monoisotopic (exact) mass is 322 g/mol. The predicted octanol–water partition coefficient (Wildman–Crippen LogP) is 1.29. The summed E-state index contributed by atoms with van der Waals surface area (Å²) in [5, 5.41) is 0. The highest BCUT2D eigenvalue weighted by atomic mass is 32.2. The zero-order valence-electron chi connectivity index (χ0n) is 13.0. The molecule has 0 spiro atoms. The van der Waals surface area contributed by atoms with E-state index in [-0.39, 0.29) is 29.4 Å². The van der Waals surface area contributed by atoms with Crippen LogP contribution in [0.5, 0.6) is 0 Å². The summed E-state index contributed by atoms with van der Waals surface area (Å²) in [5.74, 6) is -0.240. The molecule has 3 rings (SSSR count). The van der Waals surface area contributed by atoms with Gasteiger partial charge in [0.25, 0.3) is 0 Å². The highest BCUT2D eigenvalue weighted by Crippen LogP contribution is 2.29. The Hall–Kier alpha value is -1.56. The van der Waals surface area contributed by atoms with Gasteiger partial charge >= 0.3 is 0 Å². The van der Waals surface area contributed by atoms with Gasteiger partial charge in [-0.25, -0.2) is 8.42 Å². The van der Waals surface area contributed by atoms with Crippen LogP contribution in [0.3, 0.4) is 0 Å². The molecule has 1 aromatic carbocycles. The first-order valence-electron chi connectivity index (χ1n) is 7.67. The number of likely N-dealkylation sites (N-methyl/N-ethyl adjacent to an activating group) is 1. The molecule has 0 saturated carbocycles. The maximum absolute atomic E-state index is 12.8. The number of para-hydroxylation sites is 1. The van der Waals surface area contributed by atoms with Crippen LogP contribution in [-0.4, -0.2) is 50.4 Å². The zero-order valence-corrected chi connectivity index (χ0v) is 13.8. The Morgan fingerprint density at radius 1 is 1.27 bits per heavy atom. The van der Waals surface area contributed by atoms with E-state index < -0.39 is 9.84 Å². The van der Waals surface area contributed by atoms with E-state index in [2.05, 4.69) is 11.0 Å². The van der Waals surface area contributed by atoms with Crippen molar-refractivity contribution in [1.82, 2.24) is 4.90 Å². The summed E-state index contributed by atoms with van der Waals surface area (Å²) in [6, 6.07) is 8.14. The number of amides is 1. The summed E-state index contributed by atoms with van der Waals surface area (Å²) in [7, 11) is -1.00. The number of nitrogens with zero attached hydrogens (tertiary/aromatic N) is 2. The lowest BCUT2D eigenvalue weighted by Gasteiger charge is -2.30. The van der Waals surface area contributed by atoms with E-state index in [0.29, 0.717) is 13.0 Å². The highest BCUT2D eigenvalue weighted by Gasteiger charge is 2.37. The average molecular weight is 322 g/mol. The van der Waals surface area contributed by atoms with Crippen LogP contribution < -0.4 is 4.90 Å². The zero-order chi connectivity index (χ0) is 15.9. The molecule has 1 aromatic rings. The van der Waals surface area contributed by atoms with Gasteiger partial charge in [-0.05, 0) is 25.0 Å². The first kappa shape index (κ1) is 15.3. The minimum absolute atomic E-state index is 0.00649. The number of rotatable bonds is 1. The quantitative estimate of drug-likeness (QED) is 0.782. The summed E-state index contributed by atoms with van der Waals surface area (Å²) in [4.78, 5) is 16.8. The third-order valence-corrected chi connectivity index (χ3v) is 6.45. The fourth-order valence-corrected chi connectivity index (χ4v) is 5.20. The second-order valence-electron chi connectivity index (χ2n) is 6.42. The number of sulfone groups is 1. The normalized spacial score (nSPS) is 27.4. The number of carbonyl (C=O) groups is 1. The Morgan fingerprint density at radius 2 is 2.00 bits per heavy atom. The van der Waals surface area contributed by atoms with E-state index >= 15 is 0 Å². The Kier molecular flexibility index (Phi) is 3.89. The second kappa shape index (κ2) is 5.57. The van der Waals surface area contributed by atoms with Crippen LogP contribution in [0.25, 0.3) is 0 Å². The lowest BCUT2D eigenvalue weighted by molar-refractivity contribution is -0.137. The van der Waals surface area contributed by atoms with Gasteiger partial charge in [0.1, 0.15) is 0 Å². The molecule has 2 aliphatic rings. The van der Waals surface area contributed by atoms with E-state index in [4.69, 9.17) is 0 Å². The SMILES string of the molecule is C[C@@H]1CN(C)c2ccccc2CN1C(=O)[C@@H]1CCS(=O)(=O)C1. The molecule has 0 N–H and O–H groups in total. The number of hydrogen-bond acceptors (Lipinski definition) is 4. The third-order valence-electron chi connectivity index (χ3n) is 4.68. The molecule has 1 amide bonds. The van der Waals surface area contributed by atoms with Crippen molar-refractivity contribution in [3.63, 3.8) is 0 Å². The summed E-state index contributed by atoms with van der Waals surface area (Å²) < 4.78 is 23.3. The van der Waals surface area contributed by atoms with E-state index in [1.54, 1.807) is 0 Å². The summed E-state index contributed by atoms with van der Waals surface area (Å²) in [6.45, 7) is 3.34. The lowest BCUT2D eigenvalue weighted by atomic mass is 10.1. The Bertz CT molecular complexity index is 686.